The molecule has 7 heteroatoms. The molecule has 1 amide bonds. The van der Waals surface area contributed by atoms with Gasteiger partial charge in [-0.3, -0.25) is 10.2 Å². The molecule has 3 rings (SSSR count). The molecule has 2 aromatic rings. The van der Waals surface area contributed by atoms with Crippen molar-refractivity contribution in [2.24, 2.45) is 0 Å². The highest BCUT2D eigenvalue weighted by atomic mass is 32.2. The third-order valence-electron chi connectivity index (χ3n) is 4.90. The second-order valence-corrected chi connectivity index (χ2v) is 9.76. The van der Waals surface area contributed by atoms with E-state index >= 15 is 0 Å². The summed E-state index contributed by atoms with van der Waals surface area (Å²) in [7, 11) is -3.82. The van der Waals surface area contributed by atoms with Gasteiger partial charge in [0.1, 0.15) is 0 Å². The highest BCUT2D eigenvalue weighted by Gasteiger charge is 2.21. The molecule has 1 aliphatic rings. The van der Waals surface area contributed by atoms with Gasteiger partial charge in [-0.1, -0.05) is 51.1 Å². The zero-order chi connectivity index (χ0) is 20.4. The summed E-state index contributed by atoms with van der Waals surface area (Å²) < 4.78 is 24.9. The molecule has 0 unspecified atom stereocenters. The second kappa shape index (κ2) is 7.93. The molecule has 6 nitrogen and oxygen atoms in total. The Morgan fingerprint density at radius 3 is 2.43 bits per heavy atom. The van der Waals surface area contributed by atoms with Gasteiger partial charge in [0.05, 0.1) is 11.4 Å². The first-order chi connectivity index (χ1) is 13.2. The van der Waals surface area contributed by atoms with E-state index < -0.39 is 15.9 Å². The summed E-state index contributed by atoms with van der Waals surface area (Å²) >= 11 is 0. The third-order valence-corrected chi connectivity index (χ3v) is 6.16. The summed E-state index contributed by atoms with van der Waals surface area (Å²) in [4.78, 5) is 16.6. The van der Waals surface area contributed by atoms with Crippen LogP contribution in [-0.2, 0) is 26.7 Å². The zero-order valence-corrected chi connectivity index (χ0v) is 17.3. The van der Waals surface area contributed by atoms with Crippen LogP contribution in [-0.4, -0.2) is 27.4 Å². The molecule has 0 aliphatic carbocycles. The van der Waals surface area contributed by atoms with Gasteiger partial charge in [-0.15, -0.1) is 4.83 Å². The largest absolute Gasteiger partial charge is 0.362 e. The van der Waals surface area contributed by atoms with Crippen molar-refractivity contribution in [1.29, 1.82) is 0 Å². The summed E-state index contributed by atoms with van der Waals surface area (Å²) in [6, 6.07) is 14.7. The first-order valence-corrected chi connectivity index (χ1v) is 10.9. The van der Waals surface area contributed by atoms with Gasteiger partial charge in [0.15, 0.2) is 0 Å². The zero-order valence-electron chi connectivity index (χ0n) is 16.5. The number of nitrogens with zero attached hydrogens (tertiary/aromatic N) is 1. The van der Waals surface area contributed by atoms with Gasteiger partial charge in [-0.25, -0.2) is 8.42 Å². The van der Waals surface area contributed by atoms with Crippen LogP contribution in [0.4, 0.5) is 5.69 Å². The van der Waals surface area contributed by atoms with Crippen LogP contribution in [0.3, 0.4) is 0 Å². The Kier molecular flexibility index (Phi) is 5.76. The molecule has 0 saturated carbocycles. The molecule has 0 aromatic heterocycles. The number of para-hydroxylation sites is 1. The number of rotatable bonds is 5. The minimum absolute atomic E-state index is 0.0608. The molecule has 2 aromatic carbocycles. The van der Waals surface area contributed by atoms with Crippen molar-refractivity contribution in [2.45, 2.75) is 43.9 Å². The number of aryl methyl sites for hydroxylation is 1. The van der Waals surface area contributed by atoms with E-state index in [0.29, 0.717) is 0 Å². The van der Waals surface area contributed by atoms with Crippen molar-refractivity contribution < 1.29 is 13.2 Å². The number of hydrazine groups is 1. The van der Waals surface area contributed by atoms with Crippen LogP contribution in [0.25, 0.3) is 0 Å². The number of anilines is 1. The third kappa shape index (κ3) is 4.72. The molecule has 0 bridgehead atoms. The van der Waals surface area contributed by atoms with Crippen LogP contribution in [0.1, 0.15) is 38.3 Å². The predicted molar refractivity (Wildman–Crippen MR) is 111 cm³/mol. The first-order valence-electron chi connectivity index (χ1n) is 9.41. The molecule has 28 heavy (non-hydrogen) atoms. The van der Waals surface area contributed by atoms with Crippen molar-refractivity contribution in [3.05, 3.63) is 59.7 Å². The van der Waals surface area contributed by atoms with Crippen molar-refractivity contribution in [3.63, 3.8) is 0 Å². The number of nitrogens with one attached hydrogen (secondary N) is 2. The lowest BCUT2D eigenvalue weighted by molar-refractivity contribution is -0.120. The van der Waals surface area contributed by atoms with Crippen LogP contribution in [0, 0.1) is 0 Å². The minimum Gasteiger partial charge on any atom is -0.362 e. The quantitative estimate of drug-likeness (QED) is 0.755. The van der Waals surface area contributed by atoms with Crippen LogP contribution < -0.4 is 15.2 Å². The SMILES string of the molecule is CC(C)(C)c1ccc(S(=O)(=O)NNC(=O)CN2CCCc3ccccc32)cc1. The van der Waals surface area contributed by atoms with Crippen molar-refractivity contribution in [1.82, 2.24) is 10.3 Å². The number of carbonyl (C=O) groups excluding carboxylic acids is 1. The van der Waals surface area contributed by atoms with Gasteiger partial charge in [0.2, 0.25) is 0 Å². The number of hydrogen-bond donors (Lipinski definition) is 2. The molecule has 1 aliphatic heterocycles. The highest BCUT2D eigenvalue weighted by Crippen LogP contribution is 2.26. The van der Waals surface area contributed by atoms with Crippen LogP contribution in [0.2, 0.25) is 0 Å². The lowest BCUT2D eigenvalue weighted by atomic mass is 9.87. The number of fused-ring (bicyclic) bond motifs is 1. The molecule has 1 heterocycles. The van der Waals surface area contributed by atoms with E-state index in [0.717, 1.165) is 30.6 Å². The number of amides is 1. The second-order valence-electron chi connectivity index (χ2n) is 8.08. The monoisotopic (exact) mass is 401 g/mol. The van der Waals surface area contributed by atoms with Crippen molar-refractivity contribution >= 4 is 21.6 Å². The van der Waals surface area contributed by atoms with E-state index in [1.54, 1.807) is 24.3 Å². The van der Waals surface area contributed by atoms with Crippen LogP contribution >= 0.6 is 0 Å². The summed E-state index contributed by atoms with van der Waals surface area (Å²) in [5, 5.41) is 0. The van der Waals surface area contributed by atoms with Gasteiger partial charge in [-0.05, 0) is 47.6 Å². The maximum atomic E-state index is 12.4. The van der Waals surface area contributed by atoms with Gasteiger partial charge in [0.25, 0.3) is 15.9 Å². The van der Waals surface area contributed by atoms with Gasteiger partial charge in [0, 0.05) is 12.2 Å². The van der Waals surface area contributed by atoms with E-state index in [4.69, 9.17) is 0 Å². The van der Waals surface area contributed by atoms with E-state index in [2.05, 4.69) is 37.1 Å². The topological polar surface area (TPSA) is 78.5 Å². The summed E-state index contributed by atoms with van der Waals surface area (Å²) in [5.41, 5.74) is 5.55. The fourth-order valence-corrected chi connectivity index (χ4v) is 4.17. The van der Waals surface area contributed by atoms with Gasteiger partial charge >= 0.3 is 0 Å². The number of benzene rings is 2. The Balaban J connectivity index is 1.61. The van der Waals surface area contributed by atoms with Crippen LogP contribution in [0.5, 0.6) is 0 Å². The Morgan fingerprint density at radius 2 is 1.75 bits per heavy atom. The smallest absolute Gasteiger partial charge is 0.257 e. The van der Waals surface area contributed by atoms with E-state index in [1.807, 2.05) is 23.1 Å². The Morgan fingerprint density at radius 1 is 1.07 bits per heavy atom. The standard InChI is InChI=1S/C21H27N3O3S/c1-21(2,3)17-10-12-18(13-11-17)28(26,27)23-22-20(25)15-24-14-6-8-16-7-4-5-9-19(16)24/h4-5,7,9-13,23H,6,8,14-15H2,1-3H3,(H,22,25). The average molecular weight is 402 g/mol. The number of hydrogen-bond acceptors (Lipinski definition) is 4. The predicted octanol–water partition coefficient (Wildman–Crippen LogP) is 2.75. The summed E-state index contributed by atoms with van der Waals surface area (Å²) in [6.07, 6.45) is 1.96. The maximum absolute atomic E-state index is 12.4. The molecule has 0 atom stereocenters. The molecule has 2 N–H and O–H groups in total. The average Bonchev–Trinajstić information content (AvgIpc) is 2.66. The van der Waals surface area contributed by atoms with Gasteiger partial charge < -0.3 is 4.90 Å². The Hall–Kier alpha value is -2.38. The maximum Gasteiger partial charge on any atom is 0.257 e. The number of carbonyl (C=O) groups is 1. The molecule has 0 radical (unpaired) electrons. The normalized spacial score (nSPS) is 14.5. The molecular weight excluding hydrogens is 374 g/mol. The van der Waals surface area contributed by atoms with Crippen molar-refractivity contribution in [3.8, 4) is 0 Å². The first kappa shape index (κ1) is 20.4. The number of sulfonamides is 1. The van der Waals surface area contributed by atoms with Gasteiger partial charge in [-0.2, -0.15) is 0 Å². The van der Waals surface area contributed by atoms with E-state index in [9.17, 15) is 13.2 Å². The fraction of sp³-hybridized carbons (Fsp3) is 0.381. The molecule has 0 fully saturated rings. The Bertz CT molecular complexity index is 948. The summed E-state index contributed by atoms with van der Waals surface area (Å²) in [5.74, 6) is -0.397. The molecule has 150 valence electrons. The highest BCUT2D eigenvalue weighted by molar-refractivity contribution is 7.89. The molecular formula is C21H27N3O3S. The van der Waals surface area contributed by atoms with Crippen LogP contribution in [0.15, 0.2) is 53.4 Å². The fourth-order valence-electron chi connectivity index (χ4n) is 3.31. The molecule has 0 saturated heterocycles. The lowest BCUT2D eigenvalue weighted by Crippen LogP contribution is -2.47. The molecule has 0 spiro atoms. The lowest BCUT2D eigenvalue weighted by Gasteiger charge is -2.30. The Labute approximate surface area is 167 Å². The van der Waals surface area contributed by atoms with E-state index in [1.165, 1.54) is 5.56 Å². The van der Waals surface area contributed by atoms with Crippen molar-refractivity contribution in [2.75, 3.05) is 18.0 Å². The summed E-state index contributed by atoms with van der Waals surface area (Å²) in [6.45, 7) is 7.06. The minimum atomic E-state index is -3.82. The van der Waals surface area contributed by atoms with E-state index in [-0.39, 0.29) is 16.9 Å².